The second-order valence-electron chi connectivity index (χ2n) is 5.02. The lowest BCUT2D eigenvalue weighted by Crippen LogP contribution is -2.35. The van der Waals surface area contributed by atoms with Crippen LogP contribution in [-0.2, 0) is 11.2 Å². The van der Waals surface area contributed by atoms with Crippen LogP contribution in [0, 0.1) is 0 Å². The first-order chi connectivity index (χ1) is 10.6. The van der Waals surface area contributed by atoms with Gasteiger partial charge in [-0.3, -0.25) is 0 Å². The maximum Gasteiger partial charge on any atom is 0.479 e. The summed E-state index contributed by atoms with van der Waals surface area (Å²) in [4.78, 5) is 3.97. The molecule has 0 fully saturated rings. The standard InChI is InChI=1S/C17H15F2NO2/c18-17(19,22-15-9-5-2-6-10-15)16-20-14(12-21-16)11-13-7-3-1-4-8-13/h1-10,14H,11-12H2/t14-/m0/s1. The fraction of sp³-hybridized carbons (Fsp3) is 0.235. The van der Waals surface area contributed by atoms with E-state index < -0.39 is 12.0 Å². The van der Waals surface area contributed by atoms with E-state index in [-0.39, 0.29) is 18.4 Å². The van der Waals surface area contributed by atoms with Crippen LogP contribution in [0.5, 0.6) is 5.75 Å². The Hall–Kier alpha value is -2.43. The maximum atomic E-state index is 14.0. The molecule has 0 N–H and O–H groups in total. The zero-order valence-corrected chi connectivity index (χ0v) is 11.8. The first-order valence-electron chi connectivity index (χ1n) is 7.00. The van der Waals surface area contributed by atoms with Gasteiger partial charge in [-0.05, 0) is 24.1 Å². The van der Waals surface area contributed by atoms with Crippen LogP contribution in [0.4, 0.5) is 8.78 Å². The molecule has 114 valence electrons. The third-order valence-corrected chi connectivity index (χ3v) is 3.26. The highest BCUT2D eigenvalue weighted by Crippen LogP contribution is 2.26. The lowest BCUT2D eigenvalue weighted by molar-refractivity contribution is -0.125. The normalized spacial score (nSPS) is 17.7. The monoisotopic (exact) mass is 303 g/mol. The minimum absolute atomic E-state index is 0.0744. The fourth-order valence-corrected chi connectivity index (χ4v) is 2.25. The quantitative estimate of drug-likeness (QED) is 0.843. The Bertz CT molecular complexity index is 644. The summed E-state index contributed by atoms with van der Waals surface area (Å²) in [5, 5.41) is 0. The molecule has 2 aromatic rings. The maximum absolute atomic E-state index is 14.0. The summed E-state index contributed by atoms with van der Waals surface area (Å²) < 4.78 is 37.8. The van der Waals surface area contributed by atoms with Crippen LogP contribution in [0.3, 0.4) is 0 Å². The second kappa shape index (κ2) is 6.13. The molecule has 3 nitrogen and oxygen atoms in total. The number of benzene rings is 2. The highest BCUT2D eigenvalue weighted by molar-refractivity contribution is 5.83. The van der Waals surface area contributed by atoms with Crippen molar-refractivity contribution in [3.63, 3.8) is 0 Å². The van der Waals surface area contributed by atoms with Gasteiger partial charge in [0.25, 0.3) is 0 Å². The van der Waals surface area contributed by atoms with Gasteiger partial charge in [-0.1, -0.05) is 48.5 Å². The van der Waals surface area contributed by atoms with E-state index in [9.17, 15) is 8.78 Å². The van der Waals surface area contributed by atoms with Crippen molar-refractivity contribution >= 4 is 5.90 Å². The molecule has 0 aromatic heterocycles. The Balaban J connectivity index is 1.68. The number of nitrogens with zero attached hydrogens (tertiary/aromatic N) is 1. The van der Waals surface area contributed by atoms with Crippen LogP contribution in [-0.4, -0.2) is 24.7 Å². The summed E-state index contributed by atoms with van der Waals surface area (Å²) in [6.45, 7) is 0.137. The molecule has 3 rings (SSSR count). The summed E-state index contributed by atoms with van der Waals surface area (Å²) in [6.07, 6.45) is -3.00. The van der Waals surface area contributed by atoms with Gasteiger partial charge in [0.1, 0.15) is 12.4 Å². The van der Waals surface area contributed by atoms with Gasteiger partial charge in [-0.15, -0.1) is 0 Å². The summed E-state index contributed by atoms with van der Waals surface area (Å²) in [5.74, 6) is -0.581. The number of alkyl halides is 2. The molecule has 0 bridgehead atoms. The molecule has 0 amide bonds. The van der Waals surface area contributed by atoms with E-state index in [0.717, 1.165) is 5.56 Å². The van der Waals surface area contributed by atoms with Crippen LogP contribution in [0.15, 0.2) is 65.7 Å². The van der Waals surface area contributed by atoms with Crippen molar-refractivity contribution in [2.75, 3.05) is 6.61 Å². The van der Waals surface area contributed by atoms with E-state index in [1.54, 1.807) is 18.2 Å². The van der Waals surface area contributed by atoms with Crippen molar-refractivity contribution in [2.45, 2.75) is 18.6 Å². The van der Waals surface area contributed by atoms with E-state index in [2.05, 4.69) is 4.99 Å². The molecular formula is C17H15F2NO2. The molecule has 1 heterocycles. The molecule has 0 spiro atoms. The average Bonchev–Trinajstić information content (AvgIpc) is 2.98. The van der Waals surface area contributed by atoms with E-state index in [1.807, 2.05) is 30.3 Å². The number of para-hydroxylation sites is 1. The summed E-state index contributed by atoms with van der Waals surface area (Å²) >= 11 is 0. The van der Waals surface area contributed by atoms with Gasteiger partial charge in [0.05, 0.1) is 6.04 Å². The summed E-state index contributed by atoms with van der Waals surface area (Å²) in [6, 6.07) is 17.2. The van der Waals surface area contributed by atoms with Crippen molar-refractivity contribution < 1.29 is 18.3 Å². The third kappa shape index (κ3) is 3.42. The first kappa shape index (κ1) is 14.5. The Labute approximate surface area is 127 Å². The lowest BCUT2D eigenvalue weighted by atomic mass is 10.1. The smallest absolute Gasteiger partial charge is 0.472 e. The molecule has 0 radical (unpaired) electrons. The molecule has 1 aliphatic rings. The van der Waals surface area contributed by atoms with E-state index in [1.165, 1.54) is 12.1 Å². The molecule has 0 aliphatic carbocycles. The lowest BCUT2D eigenvalue weighted by Gasteiger charge is -2.16. The SMILES string of the molecule is FC(F)(Oc1ccccc1)C1=N[C@@H](Cc2ccccc2)CO1. The minimum Gasteiger partial charge on any atom is -0.472 e. The van der Waals surface area contributed by atoms with Crippen molar-refractivity contribution in [2.24, 2.45) is 4.99 Å². The highest BCUT2D eigenvalue weighted by atomic mass is 19.3. The molecule has 5 heteroatoms. The van der Waals surface area contributed by atoms with E-state index >= 15 is 0 Å². The van der Waals surface area contributed by atoms with Crippen molar-refractivity contribution in [3.05, 3.63) is 66.2 Å². The first-order valence-corrected chi connectivity index (χ1v) is 7.00. The molecule has 1 aliphatic heterocycles. The van der Waals surface area contributed by atoms with Crippen LogP contribution in [0.2, 0.25) is 0 Å². The molecule has 1 atom stereocenters. The average molecular weight is 303 g/mol. The topological polar surface area (TPSA) is 30.8 Å². The largest absolute Gasteiger partial charge is 0.479 e. The Morgan fingerprint density at radius 3 is 2.36 bits per heavy atom. The molecular weight excluding hydrogens is 288 g/mol. The Morgan fingerprint density at radius 1 is 1.05 bits per heavy atom. The summed E-state index contributed by atoms with van der Waals surface area (Å²) in [5.41, 5.74) is 1.04. The number of ether oxygens (including phenoxy) is 2. The molecule has 0 saturated heterocycles. The summed E-state index contributed by atoms with van der Waals surface area (Å²) in [7, 11) is 0. The second-order valence-corrected chi connectivity index (χ2v) is 5.02. The minimum atomic E-state index is -3.56. The third-order valence-electron chi connectivity index (χ3n) is 3.26. The van der Waals surface area contributed by atoms with E-state index in [4.69, 9.17) is 9.47 Å². The van der Waals surface area contributed by atoms with Gasteiger partial charge in [-0.25, -0.2) is 4.99 Å². The predicted octanol–water partition coefficient (Wildman–Crippen LogP) is 3.70. The molecule has 0 unspecified atom stereocenters. The van der Waals surface area contributed by atoms with Crippen molar-refractivity contribution in [3.8, 4) is 5.75 Å². The van der Waals surface area contributed by atoms with Crippen molar-refractivity contribution in [1.82, 2.24) is 0 Å². The molecule has 22 heavy (non-hydrogen) atoms. The van der Waals surface area contributed by atoms with Gasteiger partial charge in [0.15, 0.2) is 0 Å². The molecule has 0 saturated carbocycles. The Kier molecular flexibility index (Phi) is 4.04. The van der Waals surface area contributed by atoms with Gasteiger partial charge in [0.2, 0.25) is 0 Å². The van der Waals surface area contributed by atoms with Gasteiger partial charge >= 0.3 is 12.0 Å². The van der Waals surface area contributed by atoms with Crippen molar-refractivity contribution in [1.29, 1.82) is 0 Å². The number of aliphatic imine (C=N–C) groups is 1. The van der Waals surface area contributed by atoms with Gasteiger partial charge < -0.3 is 9.47 Å². The fourth-order valence-electron chi connectivity index (χ4n) is 2.25. The zero-order valence-electron chi connectivity index (χ0n) is 11.8. The number of hydrogen-bond donors (Lipinski definition) is 0. The number of hydrogen-bond acceptors (Lipinski definition) is 3. The van der Waals surface area contributed by atoms with Crippen LogP contribution >= 0.6 is 0 Å². The van der Waals surface area contributed by atoms with Crippen LogP contribution in [0.25, 0.3) is 0 Å². The van der Waals surface area contributed by atoms with Crippen LogP contribution in [0.1, 0.15) is 5.56 Å². The number of rotatable bonds is 5. The van der Waals surface area contributed by atoms with Crippen LogP contribution < -0.4 is 4.74 Å². The predicted molar refractivity (Wildman–Crippen MR) is 79.3 cm³/mol. The van der Waals surface area contributed by atoms with E-state index in [0.29, 0.717) is 6.42 Å². The highest BCUT2D eigenvalue weighted by Gasteiger charge is 2.44. The molecule has 2 aromatic carbocycles. The Morgan fingerprint density at radius 2 is 1.68 bits per heavy atom. The van der Waals surface area contributed by atoms with Gasteiger partial charge in [0, 0.05) is 0 Å². The zero-order chi connectivity index (χ0) is 15.4. The number of halogens is 2. The van der Waals surface area contributed by atoms with Gasteiger partial charge in [-0.2, -0.15) is 8.78 Å².